The highest BCUT2D eigenvalue weighted by Crippen LogP contribution is 2.30. The van der Waals surface area contributed by atoms with Crippen molar-refractivity contribution in [2.75, 3.05) is 19.8 Å². The van der Waals surface area contributed by atoms with Crippen molar-refractivity contribution in [1.82, 2.24) is 5.32 Å². The van der Waals surface area contributed by atoms with E-state index in [0.717, 1.165) is 38.5 Å². The molecule has 14 nitrogen and oxygen atoms in total. The zero-order chi connectivity index (χ0) is 57.4. The summed E-state index contributed by atoms with van der Waals surface area (Å²) in [6.45, 7) is 2.83. The fraction of sp³-hybridized carbons (Fsp3) is 0.923. The Morgan fingerprint density at radius 2 is 0.797 bits per heavy atom. The number of allylic oxidation sites excluding steroid dienone is 3. The number of hydrogen-bond donors (Lipinski definition) is 9. The first-order valence-electron chi connectivity index (χ1n) is 33.1. The van der Waals surface area contributed by atoms with E-state index in [0.29, 0.717) is 6.42 Å². The molecule has 0 bridgehead atoms. The second kappa shape index (κ2) is 50.9. The molecule has 12 atom stereocenters. The van der Waals surface area contributed by atoms with Gasteiger partial charge in [0.1, 0.15) is 48.8 Å². The summed E-state index contributed by atoms with van der Waals surface area (Å²) in [7, 11) is 0. The van der Waals surface area contributed by atoms with Crippen molar-refractivity contribution >= 4 is 5.91 Å². The average molecular weight is 1130 g/mol. The number of nitrogens with one attached hydrogen (secondary N) is 1. The van der Waals surface area contributed by atoms with Gasteiger partial charge in [0.15, 0.2) is 12.6 Å². The van der Waals surface area contributed by atoms with E-state index >= 15 is 0 Å². The number of rotatable bonds is 54. The molecule has 1 amide bonds. The van der Waals surface area contributed by atoms with Crippen molar-refractivity contribution in [3.05, 3.63) is 24.3 Å². The summed E-state index contributed by atoms with van der Waals surface area (Å²) in [6.07, 6.45) is 45.1. The predicted molar refractivity (Wildman–Crippen MR) is 318 cm³/mol. The molecule has 14 heteroatoms. The van der Waals surface area contributed by atoms with Crippen LogP contribution in [0.3, 0.4) is 0 Å². The number of carbonyl (C=O) groups excluding carboxylic acids is 1. The summed E-state index contributed by atoms with van der Waals surface area (Å²) in [4.78, 5) is 13.3. The number of amides is 1. The van der Waals surface area contributed by atoms with Crippen LogP contribution in [0.15, 0.2) is 24.3 Å². The molecule has 79 heavy (non-hydrogen) atoms. The smallest absolute Gasteiger partial charge is 0.220 e. The van der Waals surface area contributed by atoms with Gasteiger partial charge in [0.25, 0.3) is 0 Å². The maximum absolute atomic E-state index is 13.3. The van der Waals surface area contributed by atoms with Crippen LogP contribution >= 0.6 is 0 Å². The first-order valence-corrected chi connectivity index (χ1v) is 33.1. The average Bonchev–Trinajstić information content (AvgIpc) is 3.47. The lowest BCUT2D eigenvalue weighted by Gasteiger charge is -2.46. The summed E-state index contributed by atoms with van der Waals surface area (Å²) in [5.41, 5.74) is 0. The zero-order valence-corrected chi connectivity index (χ0v) is 50.4. The van der Waals surface area contributed by atoms with Crippen molar-refractivity contribution < 1.29 is 64.6 Å². The number of aliphatic hydroxyl groups is 8. The summed E-state index contributed by atoms with van der Waals surface area (Å²) in [5, 5.41) is 87.3. The minimum absolute atomic E-state index is 0.238. The first-order chi connectivity index (χ1) is 38.6. The fourth-order valence-electron chi connectivity index (χ4n) is 11.1. The van der Waals surface area contributed by atoms with E-state index in [9.17, 15) is 45.6 Å². The Morgan fingerprint density at radius 1 is 0.443 bits per heavy atom. The van der Waals surface area contributed by atoms with Gasteiger partial charge in [-0.3, -0.25) is 4.79 Å². The van der Waals surface area contributed by atoms with Gasteiger partial charge >= 0.3 is 0 Å². The number of carbonyl (C=O) groups is 1. The number of hydrogen-bond acceptors (Lipinski definition) is 13. The second-order valence-electron chi connectivity index (χ2n) is 23.6. The molecule has 0 aromatic rings. The maximum Gasteiger partial charge on any atom is 0.220 e. The Labute approximate surface area is 481 Å². The number of aliphatic hydroxyl groups excluding tert-OH is 8. The Balaban J connectivity index is 1.71. The van der Waals surface area contributed by atoms with Crippen LogP contribution in [0.25, 0.3) is 0 Å². The van der Waals surface area contributed by atoms with Crippen LogP contribution in [0.4, 0.5) is 0 Å². The summed E-state index contributed by atoms with van der Waals surface area (Å²) in [5.74, 6) is -0.238. The maximum atomic E-state index is 13.3. The van der Waals surface area contributed by atoms with E-state index in [4.69, 9.17) is 18.9 Å². The van der Waals surface area contributed by atoms with Gasteiger partial charge in [-0.1, -0.05) is 263 Å². The highest BCUT2D eigenvalue weighted by Gasteiger charge is 2.51. The lowest BCUT2D eigenvalue weighted by molar-refractivity contribution is -0.359. The summed E-state index contributed by atoms with van der Waals surface area (Å²) < 4.78 is 22.8. The monoisotopic (exact) mass is 1130 g/mol. The van der Waals surface area contributed by atoms with Crippen LogP contribution < -0.4 is 5.32 Å². The van der Waals surface area contributed by atoms with Gasteiger partial charge in [-0.15, -0.1) is 0 Å². The van der Waals surface area contributed by atoms with Crippen LogP contribution in [-0.2, 0) is 23.7 Å². The lowest BCUT2D eigenvalue weighted by atomic mass is 9.97. The van der Waals surface area contributed by atoms with Crippen LogP contribution in [0.5, 0.6) is 0 Å². The quantitative estimate of drug-likeness (QED) is 0.0204. The van der Waals surface area contributed by atoms with Gasteiger partial charge in [-0.25, -0.2) is 0 Å². The molecule has 0 saturated carbocycles. The third-order valence-electron chi connectivity index (χ3n) is 16.4. The third-order valence-corrected chi connectivity index (χ3v) is 16.4. The van der Waals surface area contributed by atoms with Gasteiger partial charge in [-0.05, 0) is 44.9 Å². The van der Waals surface area contributed by atoms with E-state index in [2.05, 4.69) is 31.3 Å². The molecule has 0 aliphatic carbocycles. The van der Waals surface area contributed by atoms with E-state index < -0.39 is 86.8 Å². The SMILES string of the molecule is CCCCCCCC/C=C\CCCCCCCCCCCC(=O)NC(COC1OC(CO)C(OC2OC(CO)C(O)C(O)C2O)C(O)C1O)C(O)/C=C/CCCCCCCCCCCCCCCCCCCCCCCCCC. The van der Waals surface area contributed by atoms with Crippen LogP contribution in [0, 0.1) is 0 Å². The standard InChI is InChI=1S/C65H123NO13/c1-3-5-7-9-11-13-15-17-19-21-23-24-25-26-27-28-29-31-32-34-36-38-40-42-44-46-48-54(69)53(66-57(70)49-47-45-43-41-39-37-35-33-30-22-20-18-16-14-12-10-8-6-4-2)52-76-64-62(75)60(73)63(56(51-68)78-64)79-65-61(74)59(72)58(71)55(50-67)77-65/h18,20,46,48,53-56,58-65,67-69,71-75H,3-17,19,21-45,47,49-52H2,1-2H3,(H,66,70)/b20-18-,48-46+. The topological polar surface area (TPSA) is 228 Å². The van der Waals surface area contributed by atoms with Crippen LogP contribution in [-0.4, -0.2) is 140 Å². The molecule has 2 rings (SSSR count). The van der Waals surface area contributed by atoms with E-state index in [1.54, 1.807) is 6.08 Å². The van der Waals surface area contributed by atoms with Gasteiger partial charge in [-0.2, -0.15) is 0 Å². The van der Waals surface area contributed by atoms with Gasteiger partial charge in [0.2, 0.25) is 5.91 Å². The minimum atomic E-state index is -1.79. The van der Waals surface area contributed by atoms with Crippen molar-refractivity contribution in [1.29, 1.82) is 0 Å². The molecule has 466 valence electrons. The molecule has 2 saturated heterocycles. The Morgan fingerprint density at radius 3 is 1.20 bits per heavy atom. The van der Waals surface area contributed by atoms with Crippen molar-refractivity contribution in [2.45, 2.75) is 364 Å². The molecular formula is C65H123NO13. The predicted octanol–water partition coefficient (Wildman–Crippen LogP) is 12.4. The van der Waals surface area contributed by atoms with Crippen LogP contribution in [0.2, 0.25) is 0 Å². The number of unbranched alkanes of at least 4 members (excludes halogenated alkanes) is 39. The Kier molecular flexibility index (Phi) is 47.4. The molecule has 0 radical (unpaired) electrons. The Bertz CT molecular complexity index is 1420. The second-order valence-corrected chi connectivity index (χ2v) is 23.6. The molecule has 2 heterocycles. The molecular weight excluding hydrogens is 1000 g/mol. The highest BCUT2D eigenvalue weighted by atomic mass is 16.7. The largest absolute Gasteiger partial charge is 0.394 e. The lowest BCUT2D eigenvalue weighted by Crippen LogP contribution is -2.65. The fourth-order valence-corrected chi connectivity index (χ4v) is 11.1. The number of ether oxygens (including phenoxy) is 4. The van der Waals surface area contributed by atoms with E-state index in [1.165, 1.54) is 225 Å². The molecule has 9 N–H and O–H groups in total. The van der Waals surface area contributed by atoms with Gasteiger partial charge in [0.05, 0.1) is 32.0 Å². The summed E-state index contributed by atoms with van der Waals surface area (Å²) >= 11 is 0. The zero-order valence-electron chi connectivity index (χ0n) is 50.4. The van der Waals surface area contributed by atoms with Gasteiger partial charge < -0.3 is 65.1 Å². The van der Waals surface area contributed by atoms with Crippen molar-refractivity contribution in [3.8, 4) is 0 Å². The molecule has 0 aromatic carbocycles. The third kappa shape index (κ3) is 36.0. The van der Waals surface area contributed by atoms with Gasteiger partial charge in [0, 0.05) is 6.42 Å². The molecule has 0 spiro atoms. The molecule has 12 unspecified atom stereocenters. The summed E-state index contributed by atoms with van der Waals surface area (Å²) in [6, 6.07) is -0.914. The van der Waals surface area contributed by atoms with Crippen molar-refractivity contribution in [3.63, 3.8) is 0 Å². The first kappa shape index (κ1) is 73.6. The molecule has 2 aliphatic heterocycles. The highest BCUT2D eigenvalue weighted by molar-refractivity contribution is 5.76. The van der Waals surface area contributed by atoms with Crippen LogP contribution in [0.1, 0.15) is 290 Å². The Hall–Kier alpha value is -1.53. The van der Waals surface area contributed by atoms with Crippen molar-refractivity contribution in [2.24, 2.45) is 0 Å². The van der Waals surface area contributed by atoms with E-state index in [-0.39, 0.29) is 18.9 Å². The van der Waals surface area contributed by atoms with E-state index in [1.807, 2.05) is 6.08 Å². The molecule has 2 aliphatic rings. The molecule has 0 aromatic heterocycles. The normalized spacial score (nSPS) is 24.5. The minimum Gasteiger partial charge on any atom is -0.394 e. The molecule has 2 fully saturated rings.